The van der Waals surface area contributed by atoms with Crippen LogP contribution >= 0.6 is 0 Å². The van der Waals surface area contributed by atoms with Gasteiger partial charge in [0.2, 0.25) is 10.0 Å². The van der Waals surface area contributed by atoms with Crippen molar-refractivity contribution in [2.24, 2.45) is 5.92 Å². The molecule has 1 aliphatic rings. The summed E-state index contributed by atoms with van der Waals surface area (Å²) in [4.78, 5) is 2.46. The summed E-state index contributed by atoms with van der Waals surface area (Å²) in [6, 6.07) is 19.9. The average molecular weight is 373 g/mol. The first-order valence-electron chi connectivity index (χ1n) is 9.38. The lowest BCUT2D eigenvalue weighted by atomic mass is 9.98. The number of hydrogen-bond donors (Lipinski definition) is 1. The van der Waals surface area contributed by atoms with Gasteiger partial charge in [0.1, 0.15) is 0 Å². The van der Waals surface area contributed by atoms with Crippen molar-refractivity contribution in [1.29, 1.82) is 0 Å². The van der Waals surface area contributed by atoms with Gasteiger partial charge in [-0.15, -0.1) is 0 Å². The molecule has 0 saturated carbocycles. The fraction of sp³-hybridized carbons (Fsp3) is 0.429. The third kappa shape index (κ3) is 6.24. The van der Waals surface area contributed by atoms with Gasteiger partial charge in [0.15, 0.2) is 0 Å². The number of piperidine rings is 1. The van der Waals surface area contributed by atoms with E-state index in [4.69, 9.17) is 0 Å². The van der Waals surface area contributed by atoms with E-state index >= 15 is 0 Å². The standard InChI is InChI=1S/C21H28N2O2S/c24-26(25,18-20-10-5-2-6-11-20)22-16-21-12-7-14-23(17-21)15-13-19-8-3-1-4-9-19/h1-6,8-11,21-22H,7,12-18H2/t21-/m1/s1. The van der Waals surface area contributed by atoms with Crippen LogP contribution in [0.15, 0.2) is 60.7 Å². The molecule has 5 heteroatoms. The van der Waals surface area contributed by atoms with Crippen LogP contribution in [0.4, 0.5) is 0 Å². The van der Waals surface area contributed by atoms with E-state index in [2.05, 4.69) is 33.9 Å². The number of nitrogens with one attached hydrogen (secondary N) is 1. The lowest BCUT2D eigenvalue weighted by Gasteiger charge is -2.32. The van der Waals surface area contributed by atoms with Gasteiger partial charge >= 0.3 is 0 Å². The largest absolute Gasteiger partial charge is 0.303 e. The second-order valence-electron chi connectivity index (χ2n) is 7.14. The van der Waals surface area contributed by atoms with Crippen LogP contribution < -0.4 is 4.72 Å². The Hall–Kier alpha value is -1.69. The zero-order valence-corrected chi connectivity index (χ0v) is 16.0. The van der Waals surface area contributed by atoms with E-state index in [0.717, 1.165) is 44.5 Å². The molecule has 3 rings (SSSR count). The first-order chi connectivity index (χ1) is 12.6. The summed E-state index contributed by atoms with van der Waals surface area (Å²) < 4.78 is 27.4. The Labute approximate surface area is 157 Å². The molecule has 0 spiro atoms. The number of hydrogen-bond acceptors (Lipinski definition) is 3. The van der Waals surface area contributed by atoms with E-state index in [9.17, 15) is 8.42 Å². The average Bonchev–Trinajstić information content (AvgIpc) is 2.67. The minimum Gasteiger partial charge on any atom is -0.303 e. The molecule has 1 fully saturated rings. The quantitative estimate of drug-likeness (QED) is 0.775. The molecule has 0 amide bonds. The summed E-state index contributed by atoms with van der Waals surface area (Å²) in [6.07, 6.45) is 3.28. The van der Waals surface area contributed by atoms with Gasteiger partial charge in [-0.05, 0) is 42.9 Å². The summed E-state index contributed by atoms with van der Waals surface area (Å²) >= 11 is 0. The molecule has 140 valence electrons. The van der Waals surface area contributed by atoms with Crippen molar-refractivity contribution in [1.82, 2.24) is 9.62 Å². The molecule has 0 unspecified atom stereocenters. The van der Waals surface area contributed by atoms with Crippen molar-refractivity contribution in [2.75, 3.05) is 26.2 Å². The molecule has 1 heterocycles. The van der Waals surface area contributed by atoms with Crippen molar-refractivity contribution in [2.45, 2.75) is 25.0 Å². The van der Waals surface area contributed by atoms with Crippen molar-refractivity contribution in [3.63, 3.8) is 0 Å². The number of likely N-dealkylation sites (tertiary alicyclic amines) is 1. The minimum absolute atomic E-state index is 0.0539. The van der Waals surface area contributed by atoms with E-state index in [1.807, 2.05) is 36.4 Å². The molecule has 0 aliphatic carbocycles. The van der Waals surface area contributed by atoms with Gasteiger partial charge < -0.3 is 4.90 Å². The van der Waals surface area contributed by atoms with Gasteiger partial charge in [-0.2, -0.15) is 0 Å². The minimum atomic E-state index is -3.28. The summed E-state index contributed by atoms with van der Waals surface area (Å²) in [5.74, 6) is 0.447. The van der Waals surface area contributed by atoms with E-state index in [1.54, 1.807) is 0 Å². The van der Waals surface area contributed by atoms with Gasteiger partial charge in [0.05, 0.1) is 5.75 Å². The summed E-state index contributed by atoms with van der Waals surface area (Å²) in [7, 11) is -3.28. The molecule has 1 N–H and O–H groups in total. The van der Waals surface area contributed by atoms with Crippen LogP contribution in [0.25, 0.3) is 0 Å². The summed E-state index contributed by atoms with van der Waals surface area (Å²) in [5, 5.41) is 0. The van der Waals surface area contributed by atoms with E-state index in [1.165, 1.54) is 5.56 Å². The lowest BCUT2D eigenvalue weighted by molar-refractivity contribution is 0.178. The molecule has 1 aliphatic heterocycles. The molecular formula is C21H28N2O2S. The van der Waals surface area contributed by atoms with Gasteiger partial charge in [-0.1, -0.05) is 60.7 Å². The Bertz CT molecular complexity index is 763. The predicted octanol–water partition coefficient (Wildman–Crippen LogP) is 3.06. The highest BCUT2D eigenvalue weighted by molar-refractivity contribution is 7.88. The molecule has 0 aromatic heterocycles. The Kier molecular flexibility index (Phi) is 6.83. The highest BCUT2D eigenvalue weighted by Gasteiger charge is 2.21. The second-order valence-corrected chi connectivity index (χ2v) is 8.94. The lowest BCUT2D eigenvalue weighted by Crippen LogP contribution is -2.41. The van der Waals surface area contributed by atoms with Crippen molar-refractivity contribution in [3.05, 3.63) is 71.8 Å². The van der Waals surface area contributed by atoms with Gasteiger partial charge in [0.25, 0.3) is 0 Å². The Morgan fingerprint density at radius 3 is 2.31 bits per heavy atom. The Balaban J connectivity index is 1.44. The number of nitrogens with zero attached hydrogens (tertiary/aromatic N) is 1. The predicted molar refractivity (Wildman–Crippen MR) is 106 cm³/mol. The van der Waals surface area contributed by atoms with Crippen LogP contribution in [0.2, 0.25) is 0 Å². The topological polar surface area (TPSA) is 49.4 Å². The van der Waals surface area contributed by atoms with Crippen molar-refractivity contribution in [3.8, 4) is 0 Å². The zero-order valence-electron chi connectivity index (χ0n) is 15.2. The van der Waals surface area contributed by atoms with Crippen LogP contribution in [0.5, 0.6) is 0 Å². The monoisotopic (exact) mass is 372 g/mol. The first kappa shape index (κ1) is 19.1. The molecule has 0 radical (unpaired) electrons. The SMILES string of the molecule is O=S(=O)(Cc1ccccc1)NC[C@H]1CCCN(CCc2ccccc2)C1. The van der Waals surface area contributed by atoms with Crippen molar-refractivity contribution >= 4 is 10.0 Å². The fourth-order valence-electron chi connectivity index (χ4n) is 3.54. The maximum Gasteiger partial charge on any atom is 0.215 e. The molecule has 2 aromatic rings. The van der Waals surface area contributed by atoms with Crippen LogP contribution in [-0.4, -0.2) is 39.5 Å². The Morgan fingerprint density at radius 2 is 1.62 bits per heavy atom. The highest BCUT2D eigenvalue weighted by atomic mass is 32.2. The van der Waals surface area contributed by atoms with Crippen LogP contribution in [0.3, 0.4) is 0 Å². The first-order valence-corrected chi connectivity index (χ1v) is 11.0. The molecule has 0 bridgehead atoms. The highest BCUT2D eigenvalue weighted by Crippen LogP contribution is 2.17. The number of benzene rings is 2. The van der Waals surface area contributed by atoms with Crippen LogP contribution in [0, 0.1) is 5.92 Å². The number of rotatable bonds is 8. The summed E-state index contributed by atoms with van der Waals surface area (Å²) in [6.45, 7) is 3.66. The van der Waals surface area contributed by atoms with Gasteiger partial charge in [-0.25, -0.2) is 13.1 Å². The zero-order chi connectivity index (χ0) is 18.2. The smallest absolute Gasteiger partial charge is 0.215 e. The van der Waals surface area contributed by atoms with E-state index in [0.29, 0.717) is 12.5 Å². The molecule has 2 aromatic carbocycles. The summed E-state index contributed by atoms with van der Waals surface area (Å²) in [5.41, 5.74) is 2.19. The van der Waals surface area contributed by atoms with Crippen LogP contribution in [0.1, 0.15) is 24.0 Å². The third-order valence-corrected chi connectivity index (χ3v) is 6.27. The van der Waals surface area contributed by atoms with E-state index in [-0.39, 0.29) is 5.75 Å². The third-order valence-electron chi connectivity index (χ3n) is 4.95. The van der Waals surface area contributed by atoms with Gasteiger partial charge in [-0.3, -0.25) is 0 Å². The van der Waals surface area contributed by atoms with Crippen LogP contribution in [-0.2, 0) is 22.2 Å². The van der Waals surface area contributed by atoms with E-state index < -0.39 is 10.0 Å². The number of sulfonamides is 1. The Morgan fingerprint density at radius 1 is 0.962 bits per heavy atom. The van der Waals surface area contributed by atoms with Crippen molar-refractivity contribution < 1.29 is 8.42 Å². The molecule has 1 atom stereocenters. The second kappa shape index (κ2) is 9.31. The maximum absolute atomic E-state index is 12.3. The molecular weight excluding hydrogens is 344 g/mol. The normalized spacial score (nSPS) is 18.7. The van der Waals surface area contributed by atoms with Gasteiger partial charge in [0, 0.05) is 19.6 Å². The fourth-order valence-corrected chi connectivity index (χ4v) is 4.77. The molecule has 4 nitrogen and oxygen atoms in total. The maximum atomic E-state index is 12.3. The molecule has 1 saturated heterocycles. The molecule has 26 heavy (non-hydrogen) atoms.